The van der Waals surface area contributed by atoms with Crippen molar-refractivity contribution in [3.05, 3.63) is 18.1 Å². The van der Waals surface area contributed by atoms with Gasteiger partial charge in [-0.05, 0) is 18.8 Å². The van der Waals surface area contributed by atoms with Crippen LogP contribution in [0.3, 0.4) is 0 Å². The number of rotatable bonds is 7. The van der Waals surface area contributed by atoms with Gasteiger partial charge in [0.2, 0.25) is 0 Å². The van der Waals surface area contributed by atoms with Gasteiger partial charge in [0.05, 0.1) is 0 Å². The first-order chi connectivity index (χ1) is 8.17. The SMILES string of the molecule is CCCc1cc(NC(CCCl)C(C)C)ncn1. The minimum atomic E-state index is 0.372. The van der Waals surface area contributed by atoms with E-state index in [1.165, 1.54) is 0 Å². The molecule has 0 aliphatic rings. The number of hydrogen-bond donors (Lipinski definition) is 1. The van der Waals surface area contributed by atoms with Gasteiger partial charge in [0.15, 0.2) is 0 Å². The predicted octanol–water partition coefficient (Wildman–Crippen LogP) is 3.49. The van der Waals surface area contributed by atoms with Gasteiger partial charge in [0.1, 0.15) is 12.1 Å². The molecule has 1 aromatic heterocycles. The molecular weight excluding hydrogens is 234 g/mol. The molecule has 4 heteroatoms. The van der Waals surface area contributed by atoms with E-state index in [0.717, 1.165) is 30.8 Å². The monoisotopic (exact) mass is 255 g/mol. The van der Waals surface area contributed by atoms with Crippen molar-refractivity contribution in [2.24, 2.45) is 5.92 Å². The van der Waals surface area contributed by atoms with Gasteiger partial charge < -0.3 is 5.32 Å². The van der Waals surface area contributed by atoms with Crippen LogP contribution in [0.4, 0.5) is 5.82 Å². The second-order valence-corrected chi connectivity index (χ2v) is 5.00. The van der Waals surface area contributed by atoms with Crippen molar-refractivity contribution in [3.63, 3.8) is 0 Å². The van der Waals surface area contributed by atoms with Gasteiger partial charge in [-0.2, -0.15) is 0 Å². The summed E-state index contributed by atoms with van der Waals surface area (Å²) < 4.78 is 0. The minimum Gasteiger partial charge on any atom is -0.367 e. The lowest BCUT2D eigenvalue weighted by molar-refractivity contribution is 0.511. The van der Waals surface area contributed by atoms with E-state index in [0.29, 0.717) is 17.8 Å². The highest BCUT2D eigenvalue weighted by Crippen LogP contribution is 2.14. The number of nitrogens with one attached hydrogen (secondary N) is 1. The van der Waals surface area contributed by atoms with Gasteiger partial charge in [0.25, 0.3) is 0 Å². The third kappa shape index (κ3) is 4.90. The summed E-state index contributed by atoms with van der Waals surface area (Å²) in [5, 5.41) is 3.44. The minimum absolute atomic E-state index is 0.372. The molecule has 1 atom stereocenters. The van der Waals surface area contributed by atoms with Gasteiger partial charge >= 0.3 is 0 Å². The van der Waals surface area contributed by atoms with Crippen molar-refractivity contribution in [1.29, 1.82) is 0 Å². The Morgan fingerprint density at radius 3 is 2.71 bits per heavy atom. The van der Waals surface area contributed by atoms with Crippen LogP contribution in [0.1, 0.15) is 39.3 Å². The largest absolute Gasteiger partial charge is 0.367 e. The third-order valence-electron chi connectivity index (χ3n) is 2.79. The smallest absolute Gasteiger partial charge is 0.129 e. The van der Waals surface area contributed by atoms with Crippen molar-refractivity contribution in [3.8, 4) is 0 Å². The second-order valence-electron chi connectivity index (χ2n) is 4.62. The van der Waals surface area contributed by atoms with Crippen molar-refractivity contribution in [1.82, 2.24) is 9.97 Å². The number of aryl methyl sites for hydroxylation is 1. The predicted molar refractivity (Wildman–Crippen MR) is 73.6 cm³/mol. The summed E-state index contributed by atoms with van der Waals surface area (Å²) >= 11 is 5.81. The van der Waals surface area contributed by atoms with Crippen molar-refractivity contribution < 1.29 is 0 Å². The van der Waals surface area contributed by atoms with Crippen LogP contribution in [0.5, 0.6) is 0 Å². The van der Waals surface area contributed by atoms with Gasteiger partial charge in [-0.15, -0.1) is 11.6 Å². The zero-order valence-electron chi connectivity index (χ0n) is 10.9. The van der Waals surface area contributed by atoms with Crippen molar-refractivity contribution in [2.45, 2.75) is 46.1 Å². The maximum atomic E-state index is 5.81. The standard InChI is InChI=1S/C13H22ClN3/c1-4-5-11-8-13(16-9-15-11)17-12(6-7-14)10(2)3/h8-10,12H,4-7H2,1-3H3,(H,15,16,17). The molecule has 1 N–H and O–H groups in total. The fourth-order valence-electron chi connectivity index (χ4n) is 1.75. The molecular formula is C13H22ClN3. The van der Waals surface area contributed by atoms with Crippen LogP contribution in [-0.2, 0) is 6.42 Å². The highest BCUT2D eigenvalue weighted by atomic mass is 35.5. The molecule has 0 saturated carbocycles. The Bertz CT molecular complexity index is 328. The normalized spacial score (nSPS) is 12.8. The number of nitrogens with zero attached hydrogens (tertiary/aromatic N) is 2. The first-order valence-corrected chi connectivity index (χ1v) is 6.84. The maximum Gasteiger partial charge on any atom is 0.129 e. The van der Waals surface area contributed by atoms with E-state index in [1.807, 2.05) is 6.07 Å². The first kappa shape index (κ1) is 14.2. The van der Waals surface area contributed by atoms with Crippen LogP contribution in [0.25, 0.3) is 0 Å². The Hall–Kier alpha value is -0.830. The van der Waals surface area contributed by atoms with Crippen LogP contribution in [0.15, 0.2) is 12.4 Å². The zero-order chi connectivity index (χ0) is 12.7. The molecule has 0 amide bonds. The Kier molecular flexibility index (Phi) is 6.27. The van der Waals surface area contributed by atoms with Gasteiger partial charge in [-0.1, -0.05) is 27.2 Å². The van der Waals surface area contributed by atoms with Crippen LogP contribution < -0.4 is 5.32 Å². The lowest BCUT2D eigenvalue weighted by atomic mass is 10.0. The summed E-state index contributed by atoms with van der Waals surface area (Å²) in [5.74, 6) is 2.12. The number of halogens is 1. The topological polar surface area (TPSA) is 37.8 Å². The molecule has 0 aromatic carbocycles. The Morgan fingerprint density at radius 2 is 2.12 bits per heavy atom. The number of anilines is 1. The molecule has 0 radical (unpaired) electrons. The molecule has 96 valence electrons. The molecule has 0 bridgehead atoms. The summed E-state index contributed by atoms with van der Waals surface area (Å²) in [7, 11) is 0. The van der Waals surface area contributed by atoms with Crippen molar-refractivity contribution in [2.75, 3.05) is 11.2 Å². The molecule has 0 saturated heterocycles. The molecule has 1 aromatic rings. The summed E-state index contributed by atoms with van der Waals surface area (Å²) in [6.07, 6.45) is 4.68. The Balaban J connectivity index is 2.68. The molecule has 3 nitrogen and oxygen atoms in total. The summed E-state index contributed by atoms with van der Waals surface area (Å²) in [6, 6.07) is 2.41. The number of aromatic nitrogens is 2. The van der Waals surface area contributed by atoms with E-state index in [9.17, 15) is 0 Å². The van der Waals surface area contributed by atoms with E-state index in [4.69, 9.17) is 11.6 Å². The van der Waals surface area contributed by atoms with E-state index >= 15 is 0 Å². The zero-order valence-corrected chi connectivity index (χ0v) is 11.7. The highest BCUT2D eigenvalue weighted by molar-refractivity contribution is 6.17. The molecule has 0 fully saturated rings. The first-order valence-electron chi connectivity index (χ1n) is 6.30. The number of hydrogen-bond acceptors (Lipinski definition) is 3. The quantitative estimate of drug-likeness (QED) is 0.758. The van der Waals surface area contributed by atoms with Crippen LogP contribution in [0, 0.1) is 5.92 Å². The molecule has 1 heterocycles. The average molecular weight is 256 g/mol. The average Bonchev–Trinajstić information content (AvgIpc) is 2.29. The summed E-state index contributed by atoms with van der Waals surface area (Å²) in [4.78, 5) is 8.51. The van der Waals surface area contributed by atoms with Crippen molar-refractivity contribution >= 4 is 17.4 Å². The summed E-state index contributed by atoms with van der Waals surface area (Å²) in [5.41, 5.74) is 1.10. The lowest BCUT2D eigenvalue weighted by Gasteiger charge is -2.22. The van der Waals surface area contributed by atoms with Gasteiger partial charge in [-0.3, -0.25) is 0 Å². The fraction of sp³-hybridized carbons (Fsp3) is 0.692. The molecule has 1 unspecified atom stereocenters. The molecule has 17 heavy (non-hydrogen) atoms. The number of alkyl halides is 1. The van der Waals surface area contributed by atoms with E-state index in [2.05, 4.69) is 36.1 Å². The third-order valence-corrected chi connectivity index (χ3v) is 3.01. The molecule has 1 rings (SSSR count). The molecule has 0 spiro atoms. The lowest BCUT2D eigenvalue weighted by Crippen LogP contribution is -2.26. The fourth-order valence-corrected chi connectivity index (χ4v) is 1.98. The van der Waals surface area contributed by atoms with E-state index in [-0.39, 0.29) is 0 Å². The van der Waals surface area contributed by atoms with Crippen LogP contribution >= 0.6 is 11.6 Å². The van der Waals surface area contributed by atoms with Crippen LogP contribution in [-0.4, -0.2) is 21.9 Å². The Labute approximate surface area is 109 Å². The molecule has 0 aliphatic heterocycles. The van der Waals surface area contributed by atoms with E-state index < -0.39 is 0 Å². The summed E-state index contributed by atoms with van der Waals surface area (Å²) in [6.45, 7) is 6.54. The Morgan fingerprint density at radius 1 is 1.35 bits per heavy atom. The maximum absolute atomic E-state index is 5.81. The van der Waals surface area contributed by atoms with Crippen LogP contribution in [0.2, 0.25) is 0 Å². The van der Waals surface area contributed by atoms with Gasteiger partial charge in [0, 0.05) is 23.7 Å². The van der Waals surface area contributed by atoms with E-state index in [1.54, 1.807) is 6.33 Å². The highest BCUT2D eigenvalue weighted by Gasteiger charge is 2.13. The van der Waals surface area contributed by atoms with Gasteiger partial charge in [-0.25, -0.2) is 9.97 Å². The second kappa shape index (κ2) is 7.49. The molecule has 0 aliphatic carbocycles.